The summed E-state index contributed by atoms with van der Waals surface area (Å²) >= 11 is 3.50. The van der Waals surface area contributed by atoms with E-state index in [0.717, 1.165) is 22.3 Å². The van der Waals surface area contributed by atoms with Gasteiger partial charge >= 0.3 is 0 Å². The van der Waals surface area contributed by atoms with Crippen LogP contribution in [0.5, 0.6) is 5.75 Å². The Bertz CT molecular complexity index is 372. The van der Waals surface area contributed by atoms with E-state index in [-0.39, 0.29) is 6.61 Å². The second-order valence-corrected chi connectivity index (χ2v) is 5.30. The number of rotatable bonds is 9. The van der Waals surface area contributed by atoms with E-state index in [2.05, 4.69) is 35.1 Å². The summed E-state index contributed by atoms with van der Waals surface area (Å²) in [4.78, 5) is 0. The van der Waals surface area contributed by atoms with Gasteiger partial charge in [-0.05, 0) is 22.0 Å². The van der Waals surface area contributed by atoms with Gasteiger partial charge in [-0.15, -0.1) is 0 Å². The highest BCUT2D eigenvalue weighted by Gasteiger charge is 2.08. The van der Waals surface area contributed by atoms with Crippen LogP contribution in [0, 0.1) is 0 Å². The van der Waals surface area contributed by atoms with Crippen LogP contribution in [-0.4, -0.2) is 37.6 Å². The van der Waals surface area contributed by atoms with Crippen molar-refractivity contribution in [2.24, 2.45) is 0 Å². The highest BCUT2D eigenvalue weighted by Crippen LogP contribution is 2.29. The third-order valence-corrected chi connectivity index (χ3v) is 3.08. The van der Waals surface area contributed by atoms with Crippen molar-refractivity contribution in [3.63, 3.8) is 0 Å². The molecule has 0 heterocycles. The Hall–Kier alpha value is -0.620. The number of ether oxygens (including phenoxy) is 2. The Kier molecular flexibility index (Phi) is 8.05. The fourth-order valence-corrected chi connectivity index (χ4v) is 2.06. The van der Waals surface area contributed by atoms with E-state index in [1.807, 2.05) is 18.2 Å². The molecule has 0 bridgehead atoms. The Labute approximate surface area is 123 Å². The molecule has 2 N–H and O–H groups in total. The Morgan fingerprint density at radius 2 is 2.05 bits per heavy atom. The molecule has 0 aliphatic rings. The van der Waals surface area contributed by atoms with Gasteiger partial charge in [0.05, 0.1) is 24.3 Å². The van der Waals surface area contributed by atoms with Crippen molar-refractivity contribution in [2.75, 3.05) is 26.4 Å². The monoisotopic (exact) mass is 331 g/mol. The standard InChI is InChI=1S/C14H22BrNO3/c1-11(2)16-10-12-4-3-5-13(15)14(12)19-9-8-18-7-6-17/h3-5,11,16-17H,6-10H2,1-2H3. The van der Waals surface area contributed by atoms with Crippen molar-refractivity contribution in [1.29, 1.82) is 0 Å². The molecule has 0 unspecified atom stereocenters. The van der Waals surface area contributed by atoms with E-state index in [1.165, 1.54) is 0 Å². The number of nitrogens with one attached hydrogen (secondary N) is 1. The Balaban J connectivity index is 2.54. The molecule has 0 saturated carbocycles. The number of hydrogen-bond acceptors (Lipinski definition) is 4. The van der Waals surface area contributed by atoms with Gasteiger partial charge in [-0.3, -0.25) is 0 Å². The molecule has 0 radical (unpaired) electrons. The molecule has 0 aliphatic carbocycles. The molecule has 1 rings (SSSR count). The summed E-state index contributed by atoms with van der Waals surface area (Å²) < 4.78 is 11.9. The first-order valence-electron chi connectivity index (χ1n) is 6.47. The topological polar surface area (TPSA) is 50.7 Å². The van der Waals surface area contributed by atoms with Crippen LogP contribution in [-0.2, 0) is 11.3 Å². The first-order chi connectivity index (χ1) is 9.15. The molecule has 4 nitrogen and oxygen atoms in total. The smallest absolute Gasteiger partial charge is 0.138 e. The number of aliphatic hydroxyl groups is 1. The molecular weight excluding hydrogens is 310 g/mol. The van der Waals surface area contributed by atoms with E-state index in [4.69, 9.17) is 14.6 Å². The maximum absolute atomic E-state index is 8.61. The number of benzene rings is 1. The summed E-state index contributed by atoms with van der Waals surface area (Å²) in [6, 6.07) is 6.43. The Morgan fingerprint density at radius 3 is 2.74 bits per heavy atom. The zero-order chi connectivity index (χ0) is 14.1. The lowest BCUT2D eigenvalue weighted by Gasteiger charge is -2.15. The molecule has 0 saturated heterocycles. The fraction of sp³-hybridized carbons (Fsp3) is 0.571. The van der Waals surface area contributed by atoms with Crippen LogP contribution in [0.2, 0.25) is 0 Å². The molecule has 1 aromatic rings. The van der Waals surface area contributed by atoms with Crippen molar-refractivity contribution in [3.8, 4) is 5.75 Å². The van der Waals surface area contributed by atoms with Gasteiger partial charge in [0.25, 0.3) is 0 Å². The van der Waals surface area contributed by atoms with Crippen LogP contribution >= 0.6 is 15.9 Å². The zero-order valence-electron chi connectivity index (χ0n) is 11.5. The normalized spacial score (nSPS) is 11.0. The van der Waals surface area contributed by atoms with E-state index in [9.17, 15) is 0 Å². The van der Waals surface area contributed by atoms with E-state index in [1.54, 1.807) is 0 Å². The second kappa shape index (κ2) is 9.31. The van der Waals surface area contributed by atoms with Crippen molar-refractivity contribution >= 4 is 15.9 Å². The van der Waals surface area contributed by atoms with Crippen LogP contribution < -0.4 is 10.1 Å². The van der Waals surface area contributed by atoms with Gasteiger partial charge in [0.2, 0.25) is 0 Å². The molecule has 0 aromatic heterocycles. The third-order valence-electron chi connectivity index (χ3n) is 2.46. The maximum Gasteiger partial charge on any atom is 0.138 e. The van der Waals surface area contributed by atoms with E-state index < -0.39 is 0 Å². The highest BCUT2D eigenvalue weighted by atomic mass is 79.9. The van der Waals surface area contributed by atoms with Crippen molar-refractivity contribution in [2.45, 2.75) is 26.4 Å². The number of halogens is 1. The molecule has 0 atom stereocenters. The predicted octanol–water partition coefficient (Wildman–Crippen LogP) is 2.33. The number of aliphatic hydroxyl groups excluding tert-OH is 1. The molecule has 1 aromatic carbocycles. The predicted molar refractivity (Wildman–Crippen MR) is 79.5 cm³/mol. The lowest BCUT2D eigenvalue weighted by molar-refractivity contribution is 0.0701. The first-order valence-corrected chi connectivity index (χ1v) is 7.26. The summed E-state index contributed by atoms with van der Waals surface area (Å²) in [6.45, 7) is 6.32. The number of hydrogen-bond donors (Lipinski definition) is 2. The highest BCUT2D eigenvalue weighted by molar-refractivity contribution is 9.10. The molecule has 108 valence electrons. The van der Waals surface area contributed by atoms with Crippen LogP contribution in [0.1, 0.15) is 19.4 Å². The van der Waals surface area contributed by atoms with Gasteiger partial charge in [-0.2, -0.15) is 0 Å². The molecule has 19 heavy (non-hydrogen) atoms. The summed E-state index contributed by atoms with van der Waals surface area (Å²) in [6.07, 6.45) is 0. The fourth-order valence-electron chi connectivity index (χ4n) is 1.54. The van der Waals surface area contributed by atoms with Crippen molar-refractivity contribution < 1.29 is 14.6 Å². The van der Waals surface area contributed by atoms with Gasteiger partial charge in [-0.25, -0.2) is 0 Å². The van der Waals surface area contributed by atoms with Crippen LogP contribution in [0.4, 0.5) is 0 Å². The maximum atomic E-state index is 8.61. The van der Waals surface area contributed by atoms with Crippen LogP contribution in [0.25, 0.3) is 0 Å². The second-order valence-electron chi connectivity index (χ2n) is 4.45. The summed E-state index contributed by atoms with van der Waals surface area (Å²) in [5.41, 5.74) is 1.12. The average Bonchev–Trinajstić information content (AvgIpc) is 2.38. The average molecular weight is 332 g/mol. The van der Waals surface area contributed by atoms with Crippen molar-refractivity contribution in [1.82, 2.24) is 5.32 Å². The summed E-state index contributed by atoms with van der Waals surface area (Å²) in [7, 11) is 0. The SMILES string of the molecule is CC(C)NCc1cccc(Br)c1OCCOCCO. The van der Waals surface area contributed by atoms with Crippen LogP contribution in [0.3, 0.4) is 0 Å². The largest absolute Gasteiger partial charge is 0.490 e. The summed E-state index contributed by atoms with van der Waals surface area (Å²) in [5.74, 6) is 0.850. The Morgan fingerprint density at radius 1 is 1.26 bits per heavy atom. The lowest BCUT2D eigenvalue weighted by atomic mass is 10.2. The minimum Gasteiger partial charge on any atom is -0.490 e. The molecule has 5 heteroatoms. The first kappa shape index (κ1) is 16.4. The quantitative estimate of drug-likeness (QED) is 0.682. The van der Waals surface area contributed by atoms with Gasteiger partial charge in [0.1, 0.15) is 12.4 Å². The number of para-hydroxylation sites is 1. The lowest BCUT2D eigenvalue weighted by Crippen LogP contribution is -2.22. The molecule has 0 fully saturated rings. The van der Waals surface area contributed by atoms with E-state index >= 15 is 0 Å². The van der Waals surface area contributed by atoms with Crippen molar-refractivity contribution in [3.05, 3.63) is 28.2 Å². The molecule has 0 aliphatic heterocycles. The van der Waals surface area contributed by atoms with Gasteiger partial charge in [0, 0.05) is 18.2 Å². The third kappa shape index (κ3) is 6.38. The summed E-state index contributed by atoms with van der Waals surface area (Å²) in [5, 5.41) is 12.0. The molecule has 0 amide bonds. The zero-order valence-corrected chi connectivity index (χ0v) is 13.1. The minimum atomic E-state index is 0.0403. The van der Waals surface area contributed by atoms with Gasteiger partial charge < -0.3 is 19.9 Å². The minimum absolute atomic E-state index is 0.0403. The van der Waals surface area contributed by atoms with Gasteiger partial charge in [-0.1, -0.05) is 26.0 Å². The van der Waals surface area contributed by atoms with Crippen LogP contribution in [0.15, 0.2) is 22.7 Å². The van der Waals surface area contributed by atoms with Gasteiger partial charge in [0.15, 0.2) is 0 Å². The molecular formula is C14H22BrNO3. The van der Waals surface area contributed by atoms with E-state index in [0.29, 0.717) is 25.9 Å². The molecule has 0 spiro atoms.